The van der Waals surface area contributed by atoms with Crippen LogP contribution in [0, 0.1) is 0 Å². The van der Waals surface area contributed by atoms with Crippen LogP contribution < -0.4 is 0 Å². The zero-order chi connectivity index (χ0) is 14.7. The van der Waals surface area contributed by atoms with E-state index in [2.05, 4.69) is 54.2 Å². The van der Waals surface area contributed by atoms with Crippen molar-refractivity contribution in [3.63, 3.8) is 0 Å². The van der Waals surface area contributed by atoms with E-state index >= 15 is 0 Å². The Labute approximate surface area is 143 Å². The maximum Gasteiger partial charge on any atom is 0.277 e. The number of halogens is 2. The first-order valence-electron chi connectivity index (χ1n) is 6.18. The maximum atomic E-state index is 5.70. The summed E-state index contributed by atoms with van der Waals surface area (Å²) in [6.45, 7) is 0. The lowest BCUT2D eigenvalue weighted by Gasteiger charge is -1.99. The molecule has 0 spiro atoms. The zero-order valence-corrected chi connectivity index (χ0v) is 14.8. The summed E-state index contributed by atoms with van der Waals surface area (Å²) in [6, 6.07) is 16.0. The normalized spacial score (nSPS) is 10.8. The van der Waals surface area contributed by atoms with E-state index < -0.39 is 0 Å². The van der Waals surface area contributed by atoms with Crippen LogP contribution in [0.25, 0.3) is 11.5 Å². The van der Waals surface area contributed by atoms with Crippen molar-refractivity contribution in [2.45, 2.75) is 11.0 Å². The molecule has 0 saturated heterocycles. The van der Waals surface area contributed by atoms with E-state index in [0.29, 0.717) is 11.1 Å². The lowest BCUT2D eigenvalue weighted by atomic mass is 10.2. The molecule has 106 valence electrons. The molecule has 0 bridgehead atoms. The Balaban J connectivity index is 1.71. The highest BCUT2D eigenvalue weighted by Gasteiger charge is 2.11. The first kappa shape index (κ1) is 14.8. The number of benzene rings is 2. The third kappa shape index (κ3) is 3.75. The second-order valence-electron chi connectivity index (χ2n) is 4.27. The fraction of sp³-hybridized carbons (Fsp3) is 0.0667. The van der Waals surface area contributed by atoms with Gasteiger partial charge in [0.1, 0.15) is 0 Å². The molecule has 0 fully saturated rings. The average molecular weight is 426 g/mol. The summed E-state index contributed by atoms with van der Waals surface area (Å²) in [5.41, 5.74) is 2.12. The topological polar surface area (TPSA) is 38.9 Å². The number of nitrogens with zero attached hydrogens (tertiary/aromatic N) is 2. The van der Waals surface area contributed by atoms with Gasteiger partial charge in [0.2, 0.25) is 5.89 Å². The van der Waals surface area contributed by atoms with Gasteiger partial charge in [0.15, 0.2) is 0 Å². The summed E-state index contributed by atoms with van der Waals surface area (Å²) in [4.78, 5) is 0. The standard InChI is InChI=1S/C15H10Br2N2OS/c16-11-7-5-10(6-8-11)9-21-15-19-18-14(20-15)12-3-1-2-4-13(12)17/h1-8H,9H2. The van der Waals surface area contributed by atoms with Gasteiger partial charge in [-0.25, -0.2) is 0 Å². The smallest absolute Gasteiger partial charge is 0.277 e. The van der Waals surface area contributed by atoms with Gasteiger partial charge in [-0.15, -0.1) is 10.2 Å². The Morgan fingerprint density at radius 3 is 2.48 bits per heavy atom. The molecule has 0 unspecified atom stereocenters. The summed E-state index contributed by atoms with van der Waals surface area (Å²) in [5.74, 6) is 1.33. The largest absolute Gasteiger partial charge is 0.411 e. The summed E-state index contributed by atoms with van der Waals surface area (Å²) < 4.78 is 7.71. The molecule has 0 amide bonds. The second-order valence-corrected chi connectivity index (χ2v) is 6.96. The summed E-state index contributed by atoms with van der Waals surface area (Å²) in [6.07, 6.45) is 0. The van der Waals surface area contributed by atoms with Gasteiger partial charge in [-0.3, -0.25) is 0 Å². The van der Waals surface area contributed by atoms with E-state index in [0.717, 1.165) is 20.3 Å². The number of aromatic nitrogens is 2. The van der Waals surface area contributed by atoms with Crippen LogP contribution in [0.2, 0.25) is 0 Å². The molecular weight excluding hydrogens is 416 g/mol. The second kappa shape index (κ2) is 6.77. The molecule has 0 aliphatic rings. The summed E-state index contributed by atoms with van der Waals surface area (Å²) in [7, 11) is 0. The molecule has 0 radical (unpaired) electrons. The highest BCUT2D eigenvalue weighted by atomic mass is 79.9. The number of rotatable bonds is 4. The fourth-order valence-corrected chi connectivity index (χ4v) is 3.18. The minimum absolute atomic E-state index is 0.529. The third-order valence-electron chi connectivity index (χ3n) is 2.79. The van der Waals surface area contributed by atoms with Crippen LogP contribution in [-0.2, 0) is 5.75 Å². The molecule has 0 atom stereocenters. The molecule has 0 saturated carbocycles. The van der Waals surface area contributed by atoms with Gasteiger partial charge in [0.05, 0.1) is 5.56 Å². The van der Waals surface area contributed by atoms with Crippen LogP contribution in [-0.4, -0.2) is 10.2 Å². The fourth-order valence-electron chi connectivity index (χ4n) is 1.74. The number of hydrogen-bond acceptors (Lipinski definition) is 4. The summed E-state index contributed by atoms with van der Waals surface area (Å²) >= 11 is 8.44. The van der Waals surface area contributed by atoms with Crippen LogP contribution in [0.1, 0.15) is 5.56 Å². The van der Waals surface area contributed by atoms with Crippen LogP contribution in [0.15, 0.2) is 67.1 Å². The van der Waals surface area contributed by atoms with Crippen molar-refractivity contribution >= 4 is 43.6 Å². The minimum atomic E-state index is 0.529. The monoisotopic (exact) mass is 424 g/mol. The third-order valence-corrected chi connectivity index (χ3v) is 4.90. The molecule has 0 aliphatic heterocycles. The number of thioether (sulfide) groups is 1. The molecule has 1 heterocycles. The molecular formula is C15H10Br2N2OS. The van der Waals surface area contributed by atoms with Crippen LogP contribution in [0.5, 0.6) is 0 Å². The summed E-state index contributed by atoms with van der Waals surface area (Å²) in [5, 5.41) is 8.75. The Morgan fingerprint density at radius 2 is 1.71 bits per heavy atom. The molecule has 1 aromatic heterocycles. The quantitative estimate of drug-likeness (QED) is 0.513. The predicted octanol–water partition coefficient (Wildman–Crippen LogP) is 5.55. The first-order valence-corrected chi connectivity index (χ1v) is 8.75. The molecule has 6 heteroatoms. The molecule has 3 aromatic rings. The van der Waals surface area contributed by atoms with Gasteiger partial charge >= 0.3 is 0 Å². The van der Waals surface area contributed by atoms with E-state index in [1.165, 1.54) is 17.3 Å². The highest BCUT2D eigenvalue weighted by Crippen LogP contribution is 2.30. The molecule has 3 rings (SSSR count). The molecule has 0 N–H and O–H groups in total. The van der Waals surface area contributed by atoms with Gasteiger partial charge in [0, 0.05) is 14.7 Å². The van der Waals surface area contributed by atoms with Crippen LogP contribution in [0.4, 0.5) is 0 Å². The Kier molecular flexibility index (Phi) is 4.77. The Hall–Kier alpha value is -1.11. The van der Waals surface area contributed by atoms with E-state index in [4.69, 9.17) is 4.42 Å². The zero-order valence-electron chi connectivity index (χ0n) is 10.8. The van der Waals surface area contributed by atoms with Crippen molar-refractivity contribution in [3.8, 4) is 11.5 Å². The maximum absolute atomic E-state index is 5.70. The van der Waals surface area contributed by atoms with Gasteiger partial charge in [-0.05, 0) is 45.8 Å². The van der Waals surface area contributed by atoms with E-state index in [1.54, 1.807) is 0 Å². The number of hydrogen-bond donors (Lipinski definition) is 0. The van der Waals surface area contributed by atoms with Crippen LogP contribution in [0.3, 0.4) is 0 Å². The minimum Gasteiger partial charge on any atom is -0.411 e. The van der Waals surface area contributed by atoms with E-state index in [1.807, 2.05) is 36.4 Å². The highest BCUT2D eigenvalue weighted by molar-refractivity contribution is 9.10. The van der Waals surface area contributed by atoms with Gasteiger partial charge < -0.3 is 4.42 Å². The van der Waals surface area contributed by atoms with Crippen molar-refractivity contribution in [2.24, 2.45) is 0 Å². The van der Waals surface area contributed by atoms with Crippen LogP contribution >= 0.6 is 43.6 Å². The molecule has 21 heavy (non-hydrogen) atoms. The lowest BCUT2D eigenvalue weighted by molar-refractivity contribution is 0.465. The van der Waals surface area contributed by atoms with E-state index in [-0.39, 0.29) is 0 Å². The van der Waals surface area contributed by atoms with Crippen molar-refractivity contribution < 1.29 is 4.42 Å². The molecule has 3 nitrogen and oxygen atoms in total. The van der Waals surface area contributed by atoms with Crippen molar-refractivity contribution in [1.82, 2.24) is 10.2 Å². The van der Waals surface area contributed by atoms with Gasteiger partial charge in [0.25, 0.3) is 5.22 Å². The predicted molar refractivity (Wildman–Crippen MR) is 91.1 cm³/mol. The Bertz CT molecular complexity index is 743. The van der Waals surface area contributed by atoms with Crippen molar-refractivity contribution in [1.29, 1.82) is 0 Å². The van der Waals surface area contributed by atoms with Crippen molar-refractivity contribution in [3.05, 3.63) is 63.0 Å². The average Bonchev–Trinajstić information content (AvgIpc) is 2.96. The molecule has 0 aliphatic carbocycles. The van der Waals surface area contributed by atoms with Crippen molar-refractivity contribution in [2.75, 3.05) is 0 Å². The Morgan fingerprint density at radius 1 is 0.952 bits per heavy atom. The first-order chi connectivity index (χ1) is 10.2. The molecule has 2 aromatic carbocycles. The lowest BCUT2D eigenvalue weighted by Crippen LogP contribution is -1.80. The van der Waals surface area contributed by atoms with Gasteiger partial charge in [-0.2, -0.15) is 0 Å². The van der Waals surface area contributed by atoms with E-state index in [9.17, 15) is 0 Å². The SMILES string of the molecule is Brc1ccc(CSc2nnc(-c3ccccc3Br)o2)cc1. The van der Waals surface area contributed by atoms with Gasteiger partial charge in [-0.1, -0.05) is 52.0 Å².